The number of rotatable bonds is 4. The van der Waals surface area contributed by atoms with E-state index in [4.69, 9.17) is 16.3 Å². The molecule has 0 radical (unpaired) electrons. The van der Waals surface area contributed by atoms with Gasteiger partial charge in [-0.3, -0.25) is 9.59 Å². The molecule has 1 N–H and O–H groups in total. The number of ether oxygens (including phenoxy) is 1. The number of nitrogens with one attached hydrogen (secondary N) is 1. The third kappa shape index (κ3) is 3.93. The van der Waals surface area contributed by atoms with Gasteiger partial charge in [0.1, 0.15) is 28.3 Å². The van der Waals surface area contributed by atoms with E-state index in [0.29, 0.717) is 39.4 Å². The summed E-state index contributed by atoms with van der Waals surface area (Å²) in [4.78, 5) is 31.1. The van der Waals surface area contributed by atoms with E-state index in [2.05, 4.69) is 10.3 Å². The zero-order valence-corrected chi connectivity index (χ0v) is 15.5. The first kappa shape index (κ1) is 17.7. The minimum atomic E-state index is -0.475. The summed E-state index contributed by atoms with van der Waals surface area (Å²) in [6, 6.07) is 6.59. The maximum absolute atomic E-state index is 12.8. The third-order valence-corrected chi connectivity index (χ3v) is 5.34. The van der Waals surface area contributed by atoms with Gasteiger partial charge in [-0.05, 0) is 38.1 Å². The van der Waals surface area contributed by atoms with Gasteiger partial charge in [-0.2, -0.15) is 0 Å². The van der Waals surface area contributed by atoms with Crippen LogP contribution in [0, 0.1) is 6.92 Å². The lowest BCUT2D eigenvalue weighted by Crippen LogP contribution is -2.55. The van der Waals surface area contributed by atoms with E-state index in [1.807, 2.05) is 0 Å². The molecule has 2 aromatic rings. The standard InChI is InChI=1S/C17H18ClN3O3S/c1-10-15(17(23)21-8-7-19-16(22)11(21)2)25-14(20-10)9-24-13-5-3-12(18)4-6-13/h3-6,11H,7-9H2,1-2H3,(H,19,22). The van der Waals surface area contributed by atoms with Crippen LogP contribution >= 0.6 is 22.9 Å². The van der Waals surface area contributed by atoms with Gasteiger partial charge in [0, 0.05) is 18.1 Å². The molecule has 0 aliphatic carbocycles. The number of piperazine rings is 1. The fraction of sp³-hybridized carbons (Fsp3) is 0.353. The molecule has 1 atom stereocenters. The van der Waals surface area contributed by atoms with Gasteiger partial charge in [-0.25, -0.2) is 4.98 Å². The molecular weight excluding hydrogens is 362 g/mol. The van der Waals surface area contributed by atoms with Crippen LogP contribution in [0.25, 0.3) is 0 Å². The fourth-order valence-electron chi connectivity index (χ4n) is 2.58. The average Bonchev–Trinajstić information content (AvgIpc) is 2.97. The second-order valence-corrected chi connectivity index (χ2v) is 7.25. The van der Waals surface area contributed by atoms with Crippen molar-refractivity contribution >= 4 is 34.8 Å². The second-order valence-electron chi connectivity index (χ2n) is 5.73. The van der Waals surface area contributed by atoms with Crippen molar-refractivity contribution in [3.8, 4) is 5.75 Å². The summed E-state index contributed by atoms with van der Waals surface area (Å²) in [6.45, 7) is 4.77. The van der Waals surface area contributed by atoms with Crippen LogP contribution in [0.5, 0.6) is 5.75 Å². The van der Waals surface area contributed by atoms with Crippen LogP contribution in [0.4, 0.5) is 0 Å². The van der Waals surface area contributed by atoms with Gasteiger partial charge < -0.3 is 15.0 Å². The van der Waals surface area contributed by atoms with Crippen molar-refractivity contribution < 1.29 is 14.3 Å². The third-order valence-electron chi connectivity index (χ3n) is 3.97. The predicted octanol–water partition coefficient (Wildman–Crippen LogP) is 2.64. The number of nitrogens with zero attached hydrogens (tertiary/aromatic N) is 2. The molecule has 1 unspecified atom stereocenters. The molecule has 3 rings (SSSR count). The van der Waals surface area contributed by atoms with Gasteiger partial charge in [0.15, 0.2) is 0 Å². The zero-order valence-electron chi connectivity index (χ0n) is 13.9. The van der Waals surface area contributed by atoms with Gasteiger partial charge >= 0.3 is 0 Å². The van der Waals surface area contributed by atoms with Gasteiger partial charge in [0.25, 0.3) is 5.91 Å². The second kappa shape index (κ2) is 7.41. The highest BCUT2D eigenvalue weighted by Gasteiger charge is 2.31. The number of benzene rings is 1. The number of carbonyl (C=O) groups excluding carboxylic acids is 2. The molecule has 132 valence electrons. The van der Waals surface area contributed by atoms with E-state index in [9.17, 15) is 9.59 Å². The van der Waals surface area contributed by atoms with E-state index in [-0.39, 0.29) is 18.4 Å². The number of amides is 2. The molecule has 1 aromatic heterocycles. The van der Waals surface area contributed by atoms with Crippen LogP contribution in [0.15, 0.2) is 24.3 Å². The Balaban J connectivity index is 1.70. The molecule has 0 spiro atoms. The Hall–Kier alpha value is -2.12. The quantitative estimate of drug-likeness (QED) is 0.886. The monoisotopic (exact) mass is 379 g/mol. The number of hydrogen-bond donors (Lipinski definition) is 1. The molecule has 1 fully saturated rings. The molecule has 8 heteroatoms. The Morgan fingerprint density at radius 2 is 2.16 bits per heavy atom. The topological polar surface area (TPSA) is 71.5 Å². The number of aryl methyl sites for hydroxylation is 1. The maximum Gasteiger partial charge on any atom is 0.266 e. The molecule has 2 amide bonds. The molecule has 1 aliphatic heterocycles. The Morgan fingerprint density at radius 3 is 2.88 bits per heavy atom. The largest absolute Gasteiger partial charge is 0.486 e. The highest BCUT2D eigenvalue weighted by atomic mass is 35.5. The van der Waals surface area contributed by atoms with Crippen molar-refractivity contribution in [3.05, 3.63) is 44.9 Å². The summed E-state index contributed by atoms with van der Waals surface area (Å²) in [5.41, 5.74) is 0.655. The van der Waals surface area contributed by atoms with Crippen molar-refractivity contribution in [1.29, 1.82) is 0 Å². The molecule has 1 aliphatic rings. The van der Waals surface area contributed by atoms with E-state index in [0.717, 1.165) is 0 Å². The first-order chi connectivity index (χ1) is 12.0. The smallest absolute Gasteiger partial charge is 0.266 e. The minimum Gasteiger partial charge on any atom is -0.486 e. The normalized spacial score (nSPS) is 17.3. The van der Waals surface area contributed by atoms with Crippen molar-refractivity contribution in [3.63, 3.8) is 0 Å². The number of hydrogen-bond acceptors (Lipinski definition) is 5. The highest BCUT2D eigenvalue weighted by molar-refractivity contribution is 7.13. The molecule has 1 saturated heterocycles. The van der Waals surface area contributed by atoms with Crippen LogP contribution in [0.3, 0.4) is 0 Å². The Kier molecular flexibility index (Phi) is 5.24. The Bertz CT molecular complexity index is 791. The van der Waals surface area contributed by atoms with Crippen molar-refractivity contribution in [1.82, 2.24) is 15.2 Å². The molecule has 1 aromatic carbocycles. The van der Waals surface area contributed by atoms with Gasteiger partial charge in [0.2, 0.25) is 5.91 Å². The summed E-state index contributed by atoms with van der Waals surface area (Å²) in [7, 11) is 0. The van der Waals surface area contributed by atoms with Gasteiger partial charge in [-0.1, -0.05) is 11.6 Å². The van der Waals surface area contributed by atoms with Crippen LogP contribution in [-0.2, 0) is 11.4 Å². The number of aromatic nitrogens is 1. The fourth-order valence-corrected chi connectivity index (χ4v) is 3.64. The molecular formula is C17H18ClN3O3S. The predicted molar refractivity (Wildman–Crippen MR) is 96.1 cm³/mol. The summed E-state index contributed by atoms with van der Waals surface area (Å²) in [5, 5.41) is 4.11. The van der Waals surface area contributed by atoms with E-state index >= 15 is 0 Å². The van der Waals surface area contributed by atoms with Crippen LogP contribution in [0.1, 0.15) is 27.3 Å². The lowest BCUT2D eigenvalue weighted by atomic mass is 10.2. The summed E-state index contributed by atoms with van der Waals surface area (Å²) in [5.74, 6) is 0.398. The minimum absolute atomic E-state index is 0.131. The average molecular weight is 380 g/mol. The lowest BCUT2D eigenvalue weighted by molar-refractivity contribution is -0.127. The summed E-state index contributed by atoms with van der Waals surface area (Å²) in [6.07, 6.45) is 0. The van der Waals surface area contributed by atoms with Gasteiger partial charge in [-0.15, -0.1) is 11.3 Å². The van der Waals surface area contributed by atoms with E-state index in [1.54, 1.807) is 43.0 Å². The number of halogens is 1. The zero-order chi connectivity index (χ0) is 18.0. The first-order valence-corrected chi connectivity index (χ1v) is 9.08. The van der Waals surface area contributed by atoms with Gasteiger partial charge in [0.05, 0.1) is 5.69 Å². The molecule has 2 heterocycles. The van der Waals surface area contributed by atoms with Crippen LogP contribution in [-0.4, -0.2) is 40.8 Å². The Labute approximate surface area is 154 Å². The van der Waals surface area contributed by atoms with Crippen molar-refractivity contribution in [2.24, 2.45) is 0 Å². The van der Waals surface area contributed by atoms with Crippen LogP contribution in [0.2, 0.25) is 5.02 Å². The maximum atomic E-state index is 12.8. The SMILES string of the molecule is Cc1nc(COc2ccc(Cl)cc2)sc1C(=O)N1CCNC(=O)C1C. The first-order valence-electron chi connectivity index (χ1n) is 7.89. The highest BCUT2D eigenvalue weighted by Crippen LogP contribution is 2.23. The molecule has 25 heavy (non-hydrogen) atoms. The number of carbonyl (C=O) groups is 2. The summed E-state index contributed by atoms with van der Waals surface area (Å²) < 4.78 is 5.68. The molecule has 0 saturated carbocycles. The van der Waals surface area contributed by atoms with Crippen molar-refractivity contribution in [2.75, 3.05) is 13.1 Å². The van der Waals surface area contributed by atoms with Crippen LogP contribution < -0.4 is 10.1 Å². The molecule has 6 nitrogen and oxygen atoms in total. The van der Waals surface area contributed by atoms with Crippen molar-refractivity contribution in [2.45, 2.75) is 26.5 Å². The number of thiazole rings is 1. The molecule has 0 bridgehead atoms. The van der Waals surface area contributed by atoms with E-state index < -0.39 is 6.04 Å². The Morgan fingerprint density at radius 1 is 1.44 bits per heavy atom. The lowest BCUT2D eigenvalue weighted by Gasteiger charge is -2.32. The van der Waals surface area contributed by atoms with E-state index in [1.165, 1.54) is 11.3 Å². The summed E-state index contributed by atoms with van der Waals surface area (Å²) >= 11 is 7.15.